The summed E-state index contributed by atoms with van der Waals surface area (Å²) >= 11 is 0. The molecule has 30 heavy (non-hydrogen) atoms. The Labute approximate surface area is 221 Å². The van der Waals surface area contributed by atoms with Gasteiger partial charge in [-0.3, -0.25) is 4.79 Å². The van der Waals surface area contributed by atoms with Crippen molar-refractivity contribution in [3.05, 3.63) is 0 Å². The summed E-state index contributed by atoms with van der Waals surface area (Å²) in [4.78, 5) is 21.0. The summed E-state index contributed by atoms with van der Waals surface area (Å²) in [7, 11) is -5.75. The van der Waals surface area contributed by atoms with Gasteiger partial charge in [-0.1, -0.05) is 6.92 Å². The van der Waals surface area contributed by atoms with Crippen molar-refractivity contribution in [2.24, 2.45) is 11.8 Å². The number of ether oxygens (including phenoxy) is 3. The van der Waals surface area contributed by atoms with E-state index in [0.29, 0.717) is 0 Å². The average Bonchev–Trinajstić information content (AvgIpc) is 2.53. The second kappa shape index (κ2) is 21.5. The third-order valence-electron chi connectivity index (χ3n) is 2.43. The van der Waals surface area contributed by atoms with Crippen LogP contribution in [-0.4, -0.2) is 80.7 Å². The summed E-state index contributed by atoms with van der Waals surface area (Å²) < 4.78 is 64.0. The zero-order valence-corrected chi connectivity index (χ0v) is 23.8. The van der Waals surface area contributed by atoms with Crippen LogP contribution in [0.1, 0.15) is 13.8 Å². The van der Waals surface area contributed by atoms with E-state index in [1.165, 1.54) is 14.0 Å². The topological polar surface area (TPSA) is 202 Å². The molecule has 0 saturated carbocycles. The minimum atomic E-state index is -3.53. The first-order valence-corrected chi connectivity index (χ1v) is 11.0. The normalized spacial score (nSPS) is 12.4. The van der Waals surface area contributed by atoms with Crippen LogP contribution in [0.4, 0.5) is 0 Å². The molecule has 2 atom stereocenters. The summed E-state index contributed by atoms with van der Waals surface area (Å²) in [6, 6.07) is 0. The molecule has 0 bridgehead atoms. The van der Waals surface area contributed by atoms with Gasteiger partial charge >= 0.3 is 65.1 Å². The van der Waals surface area contributed by atoms with E-state index in [1.807, 2.05) is 0 Å². The van der Waals surface area contributed by atoms with Crippen LogP contribution >= 0.6 is 0 Å². The fourth-order valence-electron chi connectivity index (χ4n) is 1.03. The van der Waals surface area contributed by atoms with E-state index in [1.54, 1.807) is 6.92 Å². The monoisotopic (exact) mass is 500 g/mol. The van der Waals surface area contributed by atoms with Gasteiger partial charge in [0.25, 0.3) is 20.2 Å². The van der Waals surface area contributed by atoms with Crippen molar-refractivity contribution < 1.29 is 119 Å². The molecule has 0 aromatic rings. The van der Waals surface area contributed by atoms with Gasteiger partial charge < -0.3 is 29.6 Å². The Morgan fingerprint density at radius 3 is 1.43 bits per heavy atom. The van der Waals surface area contributed by atoms with E-state index in [-0.39, 0.29) is 84.6 Å². The number of esters is 1. The number of rotatable bonds is 12. The summed E-state index contributed by atoms with van der Waals surface area (Å²) in [6.07, 6.45) is 1.79. The number of hydrogen-bond donors (Lipinski definition) is 0. The Kier molecular flexibility index (Phi) is 29.3. The molecule has 0 heterocycles. The minimum absolute atomic E-state index is 0. The molecule has 1 N–H and O–H groups in total. The molecule has 0 rings (SSSR count). The van der Waals surface area contributed by atoms with E-state index in [2.05, 4.69) is 17.8 Å². The number of methoxy groups -OCH3 is 1. The summed E-state index contributed by atoms with van der Waals surface area (Å²) in [5, 5.41) is 10.1. The maximum atomic E-state index is 10.8. The van der Waals surface area contributed by atoms with E-state index >= 15 is 0 Å². The van der Waals surface area contributed by atoms with Gasteiger partial charge in [-0.05, 0) is 6.92 Å². The van der Waals surface area contributed by atoms with Gasteiger partial charge in [-0.25, -0.2) is 8.37 Å². The quantitative estimate of drug-likeness (QED) is 0.0804. The number of carbonyl (C=O) groups is 2. The first-order valence-electron chi connectivity index (χ1n) is 7.32. The van der Waals surface area contributed by atoms with Gasteiger partial charge in [0.05, 0.1) is 38.8 Å². The maximum absolute atomic E-state index is 10.8. The van der Waals surface area contributed by atoms with Crippen molar-refractivity contribution in [2.75, 3.05) is 46.4 Å². The Bertz CT molecular complexity index is 652. The van der Waals surface area contributed by atoms with Gasteiger partial charge in [0.15, 0.2) is 13.6 Å². The van der Waals surface area contributed by atoms with Crippen molar-refractivity contribution in [1.82, 2.24) is 0 Å². The largest absolute Gasteiger partial charge is 1.00 e. The van der Waals surface area contributed by atoms with Gasteiger partial charge in [0, 0.05) is 11.9 Å². The first-order chi connectivity index (χ1) is 12.2. The Balaban J connectivity index is -0.000000127. The predicted molar refractivity (Wildman–Crippen MR) is 90.8 cm³/mol. The van der Waals surface area contributed by atoms with Crippen LogP contribution in [0.5, 0.6) is 0 Å². The molecule has 0 spiro atoms. The fraction of sp³-hybridized carbons (Fsp3) is 0.846. The summed E-state index contributed by atoms with van der Waals surface area (Å²) in [5.74, 6) is -2.89. The third-order valence-corrected chi connectivity index (χ3v) is 3.48. The van der Waals surface area contributed by atoms with Gasteiger partial charge in [-0.15, -0.1) is 0 Å². The molecule has 0 fully saturated rings. The summed E-state index contributed by atoms with van der Waals surface area (Å²) in [5.41, 5.74) is 0. The number of hydrogen-bond acceptors (Lipinski definition) is 13. The number of carboxylic acid groups (broad SMARTS) is 1. The van der Waals surface area contributed by atoms with Crippen molar-refractivity contribution in [1.29, 1.82) is 0 Å². The molecule has 13 nitrogen and oxygen atoms in total. The molecule has 0 aromatic heterocycles. The molecule has 2 unspecified atom stereocenters. The van der Waals surface area contributed by atoms with Crippen molar-refractivity contribution in [3.8, 4) is 0 Å². The number of aliphatic carboxylic acids is 1. The van der Waals surface area contributed by atoms with Crippen LogP contribution < -0.4 is 64.2 Å². The standard InChI is InChI=1S/C7H14O6S.C6H12O6S.2Na.H2O/c1-6(7(8)11-2)4-12-5-13-14(3,9)10;1-5(6(7)8)3-11-4-12-13(2,9)10;;;/h6H,4-5H2,1-3H3;5H,3-4H2,1-2H3,(H,7,8);;;1H2/q;;2*+1;/p-2. The first kappa shape index (κ1) is 40.9. The molecule has 17 heteroatoms. The van der Waals surface area contributed by atoms with Crippen LogP contribution in [0, 0.1) is 11.8 Å². The Hall–Kier alpha value is 0.640. The van der Waals surface area contributed by atoms with Gasteiger partial charge in [0.2, 0.25) is 0 Å². The van der Waals surface area contributed by atoms with Gasteiger partial charge in [-0.2, -0.15) is 16.8 Å². The predicted octanol–water partition coefficient (Wildman–Crippen LogP) is -8.10. The molecular weight excluding hydrogens is 474 g/mol. The van der Waals surface area contributed by atoms with Gasteiger partial charge in [0.1, 0.15) is 0 Å². The molecule has 0 aromatic carbocycles. The molecule has 170 valence electrons. The van der Waals surface area contributed by atoms with Crippen LogP contribution in [0.15, 0.2) is 0 Å². The zero-order valence-electron chi connectivity index (χ0n) is 18.1. The number of carbonyl (C=O) groups excluding carboxylic acids is 2. The molecule has 0 radical (unpaired) electrons. The Morgan fingerprint density at radius 1 is 0.833 bits per heavy atom. The van der Waals surface area contributed by atoms with Crippen LogP contribution in [-0.2, 0) is 52.4 Å². The average molecular weight is 500 g/mol. The van der Waals surface area contributed by atoms with E-state index in [9.17, 15) is 31.5 Å². The fourth-order valence-corrected chi connectivity index (χ4v) is 1.52. The minimum Gasteiger partial charge on any atom is -0.870 e. The third kappa shape index (κ3) is 30.8. The zero-order chi connectivity index (χ0) is 21.7. The SMILES string of the molecule is CC(COCOS(C)(=O)=O)C(=O)[O-].COC(=O)C(C)COCOS(C)(=O)=O.[Na+].[Na+].[OH-]. The van der Waals surface area contributed by atoms with Crippen molar-refractivity contribution in [2.45, 2.75) is 13.8 Å². The molecule has 0 aliphatic carbocycles. The molecule has 0 aliphatic rings. The second-order valence-electron chi connectivity index (χ2n) is 5.27. The molecule has 0 saturated heterocycles. The summed E-state index contributed by atoms with van der Waals surface area (Å²) in [6.45, 7) is 2.04. The van der Waals surface area contributed by atoms with Crippen molar-refractivity contribution in [3.63, 3.8) is 0 Å². The molecule has 0 amide bonds. The van der Waals surface area contributed by atoms with Crippen LogP contribution in [0.2, 0.25) is 0 Å². The smallest absolute Gasteiger partial charge is 0.870 e. The Morgan fingerprint density at radius 2 is 1.17 bits per heavy atom. The van der Waals surface area contributed by atoms with Crippen LogP contribution in [0.25, 0.3) is 0 Å². The van der Waals surface area contributed by atoms with E-state index in [0.717, 1.165) is 12.5 Å². The molecular formula is C13H26Na2O13S2. The maximum Gasteiger partial charge on any atom is 1.00 e. The number of carboxylic acids is 1. The van der Waals surface area contributed by atoms with Crippen LogP contribution in [0.3, 0.4) is 0 Å². The van der Waals surface area contributed by atoms with E-state index in [4.69, 9.17) is 4.74 Å². The van der Waals surface area contributed by atoms with E-state index < -0.39 is 50.8 Å². The second-order valence-corrected chi connectivity index (χ2v) is 8.55. The molecule has 0 aliphatic heterocycles. The van der Waals surface area contributed by atoms with Crippen molar-refractivity contribution >= 4 is 32.2 Å².